The van der Waals surface area contributed by atoms with Crippen molar-refractivity contribution >= 4 is 28.4 Å². The van der Waals surface area contributed by atoms with Crippen molar-refractivity contribution in [2.45, 2.75) is 6.18 Å². The summed E-state index contributed by atoms with van der Waals surface area (Å²) < 4.78 is 46.7. The number of anilines is 1. The van der Waals surface area contributed by atoms with Crippen molar-refractivity contribution in [3.63, 3.8) is 0 Å². The molecule has 4 aromatic rings. The number of morpholine rings is 1. The molecule has 37 heavy (non-hydrogen) atoms. The van der Waals surface area contributed by atoms with Crippen LogP contribution in [0.4, 0.5) is 23.7 Å². The monoisotopic (exact) mass is 505 g/mol. The molecule has 2 heterocycles. The van der Waals surface area contributed by atoms with Crippen LogP contribution in [0.15, 0.2) is 79.0 Å². The minimum Gasteiger partial charge on any atom is -0.378 e. The van der Waals surface area contributed by atoms with Crippen molar-refractivity contribution in [2.24, 2.45) is 0 Å². The van der Waals surface area contributed by atoms with Gasteiger partial charge in [-0.25, -0.2) is 4.79 Å². The molecular weight excluding hydrogens is 483 g/mol. The highest BCUT2D eigenvalue weighted by atomic mass is 19.4. The maximum absolute atomic E-state index is 13.8. The largest absolute Gasteiger partial charge is 0.418 e. The number of hydrogen-bond donors (Lipinski definition) is 1. The normalized spacial score (nSPS) is 14.0. The first-order valence-corrected chi connectivity index (χ1v) is 11.7. The van der Waals surface area contributed by atoms with E-state index in [4.69, 9.17) is 4.74 Å². The second kappa shape index (κ2) is 10.0. The summed E-state index contributed by atoms with van der Waals surface area (Å²) in [6.07, 6.45) is -3.43. The molecule has 0 bridgehead atoms. The number of carbonyl (C=O) groups excluding carboxylic acids is 2. The molecule has 6 nitrogen and oxygen atoms in total. The van der Waals surface area contributed by atoms with Gasteiger partial charge in [0.1, 0.15) is 0 Å². The van der Waals surface area contributed by atoms with Crippen molar-refractivity contribution < 1.29 is 27.5 Å². The number of alkyl halides is 3. The number of ketones is 1. The molecule has 1 aliphatic rings. The van der Waals surface area contributed by atoms with Crippen molar-refractivity contribution in [3.05, 3.63) is 95.7 Å². The smallest absolute Gasteiger partial charge is 0.378 e. The number of para-hydroxylation sites is 1. The first-order valence-electron chi connectivity index (χ1n) is 11.7. The lowest BCUT2D eigenvalue weighted by molar-refractivity contribution is -0.136. The number of rotatable bonds is 4. The summed E-state index contributed by atoms with van der Waals surface area (Å²) in [5.74, 6) is -0.370. The molecule has 3 aromatic carbocycles. The highest BCUT2D eigenvalue weighted by Gasteiger charge is 2.34. The van der Waals surface area contributed by atoms with E-state index in [9.17, 15) is 22.8 Å². The molecule has 9 heteroatoms. The molecule has 1 aliphatic heterocycles. The number of amides is 2. The predicted molar refractivity (Wildman–Crippen MR) is 133 cm³/mol. The van der Waals surface area contributed by atoms with Gasteiger partial charge < -0.3 is 15.0 Å². The van der Waals surface area contributed by atoms with E-state index >= 15 is 0 Å². The van der Waals surface area contributed by atoms with Crippen LogP contribution in [0.1, 0.15) is 21.5 Å². The number of halogens is 3. The van der Waals surface area contributed by atoms with Crippen LogP contribution in [0.3, 0.4) is 0 Å². The van der Waals surface area contributed by atoms with E-state index in [0.29, 0.717) is 48.7 Å². The Kier molecular flexibility index (Phi) is 6.62. The van der Waals surface area contributed by atoms with Gasteiger partial charge in [0.05, 0.1) is 24.3 Å². The highest BCUT2D eigenvalue weighted by Crippen LogP contribution is 2.39. The molecule has 0 unspecified atom stereocenters. The third kappa shape index (κ3) is 5.03. The van der Waals surface area contributed by atoms with Gasteiger partial charge in [0, 0.05) is 47.1 Å². The average molecular weight is 505 g/mol. The summed E-state index contributed by atoms with van der Waals surface area (Å²) in [5.41, 5.74) is 0.643. The van der Waals surface area contributed by atoms with E-state index in [1.54, 1.807) is 59.5 Å². The summed E-state index contributed by atoms with van der Waals surface area (Å²) in [6.45, 7) is 1.80. The number of nitrogens with one attached hydrogen (secondary N) is 1. The van der Waals surface area contributed by atoms with E-state index in [2.05, 4.69) is 10.3 Å². The van der Waals surface area contributed by atoms with Gasteiger partial charge in [-0.3, -0.25) is 9.78 Å². The van der Waals surface area contributed by atoms with E-state index in [1.807, 2.05) is 0 Å². The van der Waals surface area contributed by atoms with Crippen LogP contribution in [-0.4, -0.2) is 48.0 Å². The van der Waals surface area contributed by atoms with Crippen molar-refractivity contribution in [3.8, 4) is 11.1 Å². The molecule has 0 aliphatic carbocycles. The van der Waals surface area contributed by atoms with Crippen LogP contribution in [0.2, 0.25) is 0 Å². The zero-order valence-corrected chi connectivity index (χ0v) is 19.6. The van der Waals surface area contributed by atoms with Crippen LogP contribution in [0.5, 0.6) is 0 Å². The lowest BCUT2D eigenvalue weighted by atomic mass is 9.91. The molecule has 1 aromatic heterocycles. The molecule has 1 fully saturated rings. The van der Waals surface area contributed by atoms with Crippen molar-refractivity contribution in [2.75, 3.05) is 31.6 Å². The molecule has 188 valence electrons. The zero-order chi connectivity index (χ0) is 26.0. The topological polar surface area (TPSA) is 71.5 Å². The van der Waals surface area contributed by atoms with Gasteiger partial charge in [-0.2, -0.15) is 13.2 Å². The number of carbonyl (C=O) groups is 2. The first-order chi connectivity index (χ1) is 17.8. The number of benzene rings is 3. The van der Waals surface area contributed by atoms with Gasteiger partial charge in [-0.15, -0.1) is 0 Å². The summed E-state index contributed by atoms with van der Waals surface area (Å²) in [6, 6.07) is 18.7. The second-order valence-corrected chi connectivity index (χ2v) is 8.55. The lowest BCUT2D eigenvalue weighted by Gasteiger charge is -2.27. The van der Waals surface area contributed by atoms with Crippen molar-refractivity contribution in [1.29, 1.82) is 0 Å². The average Bonchev–Trinajstić information content (AvgIpc) is 2.92. The first kappa shape index (κ1) is 24.5. The Labute approximate surface area is 210 Å². The van der Waals surface area contributed by atoms with E-state index < -0.39 is 11.7 Å². The Morgan fingerprint density at radius 3 is 2.38 bits per heavy atom. The van der Waals surface area contributed by atoms with Crippen molar-refractivity contribution in [1.82, 2.24) is 9.88 Å². The van der Waals surface area contributed by atoms with Gasteiger partial charge in [-0.1, -0.05) is 54.6 Å². The summed E-state index contributed by atoms with van der Waals surface area (Å²) in [5, 5.41) is 3.02. The van der Waals surface area contributed by atoms with Gasteiger partial charge in [0.2, 0.25) is 0 Å². The van der Waals surface area contributed by atoms with Crippen LogP contribution < -0.4 is 5.32 Å². The SMILES string of the molecule is O=C(c1ccccc1)c1cnc2c(C(F)(F)F)cccc2c1-c1cccc(NC(=O)N2CCOCC2)c1. The molecular formula is C28H22F3N3O3. The Balaban J connectivity index is 1.64. The molecule has 0 atom stereocenters. The van der Waals surface area contributed by atoms with Crippen LogP contribution in [-0.2, 0) is 10.9 Å². The lowest BCUT2D eigenvalue weighted by Crippen LogP contribution is -2.43. The fourth-order valence-electron chi connectivity index (χ4n) is 4.40. The quantitative estimate of drug-likeness (QED) is 0.345. The minimum absolute atomic E-state index is 0.162. The van der Waals surface area contributed by atoms with E-state index in [0.717, 1.165) is 6.07 Å². The fourth-order valence-corrected chi connectivity index (χ4v) is 4.40. The van der Waals surface area contributed by atoms with Crippen LogP contribution >= 0.6 is 0 Å². The van der Waals surface area contributed by atoms with Crippen LogP contribution in [0, 0.1) is 0 Å². The van der Waals surface area contributed by atoms with E-state index in [1.165, 1.54) is 18.3 Å². The number of aromatic nitrogens is 1. The predicted octanol–water partition coefficient (Wildman–Crippen LogP) is 6.02. The van der Waals surface area contributed by atoms with Gasteiger partial charge in [0.25, 0.3) is 0 Å². The Morgan fingerprint density at radius 2 is 1.65 bits per heavy atom. The number of hydrogen-bond acceptors (Lipinski definition) is 4. The molecule has 1 N–H and O–H groups in total. The molecule has 5 rings (SSSR count). The maximum atomic E-state index is 13.8. The van der Waals surface area contributed by atoms with Gasteiger partial charge in [0.15, 0.2) is 5.78 Å². The van der Waals surface area contributed by atoms with Gasteiger partial charge >= 0.3 is 12.2 Å². The third-order valence-corrected chi connectivity index (χ3v) is 6.18. The molecule has 2 amide bonds. The zero-order valence-electron chi connectivity index (χ0n) is 19.6. The number of urea groups is 1. The molecule has 1 saturated heterocycles. The number of nitrogens with zero attached hydrogens (tertiary/aromatic N) is 2. The van der Waals surface area contributed by atoms with E-state index in [-0.39, 0.29) is 28.3 Å². The molecule has 0 spiro atoms. The van der Waals surface area contributed by atoms with Crippen LogP contribution in [0.25, 0.3) is 22.0 Å². The highest BCUT2D eigenvalue weighted by molar-refractivity contribution is 6.17. The molecule has 0 radical (unpaired) electrons. The molecule has 0 saturated carbocycles. The standard InChI is InChI=1S/C28H22F3N3O3/c29-28(30,31)23-11-5-10-21-24(22(17-32-25(21)23)26(35)18-6-2-1-3-7-18)19-8-4-9-20(16-19)33-27(36)34-12-14-37-15-13-34/h1-11,16-17H,12-15H2,(H,33,36). The summed E-state index contributed by atoms with van der Waals surface area (Å²) in [7, 11) is 0. The minimum atomic E-state index is -4.62. The Morgan fingerprint density at radius 1 is 0.919 bits per heavy atom. The fraction of sp³-hybridized carbons (Fsp3) is 0.179. The number of ether oxygens (including phenoxy) is 1. The Hall–Kier alpha value is -4.24. The third-order valence-electron chi connectivity index (χ3n) is 6.18. The second-order valence-electron chi connectivity index (χ2n) is 8.55. The summed E-state index contributed by atoms with van der Waals surface area (Å²) >= 11 is 0. The number of pyridine rings is 1. The van der Waals surface area contributed by atoms with Gasteiger partial charge in [-0.05, 0) is 23.8 Å². The maximum Gasteiger partial charge on any atom is 0.418 e. The Bertz CT molecular complexity index is 1470. The number of fused-ring (bicyclic) bond motifs is 1. The summed E-state index contributed by atoms with van der Waals surface area (Å²) in [4.78, 5) is 31.9.